The molecule has 96 valence electrons. The second kappa shape index (κ2) is 4.32. The molecule has 1 heterocycles. The van der Waals surface area contributed by atoms with Gasteiger partial charge < -0.3 is 4.74 Å². The van der Waals surface area contributed by atoms with Crippen molar-refractivity contribution < 1.29 is 27.1 Å². The summed E-state index contributed by atoms with van der Waals surface area (Å²) in [5.74, 6) is -2.85. The molecule has 1 aromatic carbocycles. The Morgan fingerprint density at radius 1 is 1.28 bits per heavy atom. The number of halogens is 4. The van der Waals surface area contributed by atoms with E-state index in [1.807, 2.05) is 0 Å². The van der Waals surface area contributed by atoms with Gasteiger partial charge in [-0.1, -0.05) is 18.2 Å². The Balaban J connectivity index is 2.42. The molecule has 0 amide bonds. The number of nitrogens with zero attached hydrogens (tertiary/aromatic N) is 1. The highest BCUT2D eigenvalue weighted by Crippen LogP contribution is 2.27. The van der Waals surface area contributed by atoms with Gasteiger partial charge in [0.2, 0.25) is 5.88 Å². The molecule has 0 aliphatic heterocycles. The number of benzene rings is 1. The minimum Gasteiger partial charge on any atom is -0.403 e. The number of aromatic nitrogens is 1. The molecule has 18 heavy (non-hydrogen) atoms. The highest BCUT2D eigenvalue weighted by Gasteiger charge is 2.42. The van der Waals surface area contributed by atoms with E-state index in [9.17, 15) is 22.4 Å². The van der Waals surface area contributed by atoms with Crippen molar-refractivity contribution in [3.63, 3.8) is 0 Å². The number of esters is 1. The SMILES string of the molecule is O=C(Oc1cc2ccccc2n1CF)C(F)(F)F. The molecule has 0 N–H and O–H groups in total. The molecule has 7 heteroatoms. The van der Waals surface area contributed by atoms with Gasteiger partial charge in [-0.05, 0) is 6.07 Å². The van der Waals surface area contributed by atoms with Gasteiger partial charge in [0.1, 0.15) is 0 Å². The van der Waals surface area contributed by atoms with Crippen molar-refractivity contribution in [2.75, 3.05) is 0 Å². The van der Waals surface area contributed by atoms with E-state index < -0.39 is 24.8 Å². The average Bonchev–Trinajstić information content (AvgIpc) is 2.64. The van der Waals surface area contributed by atoms with Crippen molar-refractivity contribution in [1.82, 2.24) is 4.57 Å². The van der Waals surface area contributed by atoms with Crippen molar-refractivity contribution in [1.29, 1.82) is 0 Å². The summed E-state index contributed by atoms with van der Waals surface area (Å²) in [4.78, 5) is 10.7. The van der Waals surface area contributed by atoms with Crippen LogP contribution < -0.4 is 4.74 Å². The molecule has 0 aliphatic carbocycles. The van der Waals surface area contributed by atoms with Gasteiger partial charge in [0.05, 0.1) is 5.52 Å². The predicted molar refractivity (Wildman–Crippen MR) is 54.7 cm³/mol. The molecule has 0 unspecified atom stereocenters. The normalized spacial score (nSPS) is 11.8. The number of rotatable bonds is 2. The Morgan fingerprint density at radius 2 is 1.94 bits per heavy atom. The largest absolute Gasteiger partial charge is 0.491 e. The van der Waals surface area contributed by atoms with Crippen LogP contribution >= 0.6 is 0 Å². The number of hydrogen-bond donors (Lipinski definition) is 0. The maximum atomic E-state index is 12.8. The van der Waals surface area contributed by atoms with Crippen LogP contribution in [0.15, 0.2) is 30.3 Å². The van der Waals surface area contributed by atoms with E-state index in [1.165, 1.54) is 12.1 Å². The molecule has 2 rings (SSSR count). The number of hydrogen-bond acceptors (Lipinski definition) is 2. The van der Waals surface area contributed by atoms with Gasteiger partial charge in [0.25, 0.3) is 0 Å². The lowest BCUT2D eigenvalue weighted by atomic mass is 10.2. The summed E-state index contributed by atoms with van der Waals surface area (Å²) in [5.41, 5.74) is 0.352. The molecule has 2 aromatic rings. The Hall–Kier alpha value is -2.05. The summed E-state index contributed by atoms with van der Waals surface area (Å²) in [6.45, 7) is -1.09. The zero-order valence-corrected chi connectivity index (χ0v) is 8.87. The number of fused-ring (bicyclic) bond motifs is 1. The van der Waals surface area contributed by atoms with Crippen LogP contribution in [0.4, 0.5) is 17.6 Å². The number of carbonyl (C=O) groups excluding carboxylic acids is 1. The van der Waals surface area contributed by atoms with Gasteiger partial charge >= 0.3 is 12.1 Å². The van der Waals surface area contributed by atoms with Crippen LogP contribution in [0, 0.1) is 0 Å². The third-order valence-electron chi connectivity index (χ3n) is 2.32. The zero-order chi connectivity index (χ0) is 13.3. The molecule has 0 bridgehead atoms. The molecular formula is C11H7F4NO2. The lowest BCUT2D eigenvalue weighted by Gasteiger charge is -2.08. The minimum absolute atomic E-state index is 0.352. The molecule has 0 atom stereocenters. The second-order valence-corrected chi connectivity index (χ2v) is 3.48. The van der Waals surface area contributed by atoms with Crippen LogP contribution in [0.5, 0.6) is 5.88 Å². The summed E-state index contributed by atoms with van der Waals surface area (Å²) in [6, 6.07) is 7.51. The Morgan fingerprint density at radius 3 is 2.56 bits per heavy atom. The van der Waals surface area contributed by atoms with Crippen LogP contribution in [0.25, 0.3) is 10.9 Å². The van der Waals surface area contributed by atoms with Crippen LogP contribution in [0.2, 0.25) is 0 Å². The zero-order valence-electron chi connectivity index (χ0n) is 8.87. The lowest BCUT2D eigenvalue weighted by Crippen LogP contribution is -2.28. The number of carbonyl (C=O) groups is 1. The molecule has 3 nitrogen and oxygen atoms in total. The molecule has 1 aromatic heterocycles. The van der Waals surface area contributed by atoms with E-state index in [2.05, 4.69) is 4.74 Å². The first-order valence-electron chi connectivity index (χ1n) is 4.86. The monoisotopic (exact) mass is 261 g/mol. The smallest absolute Gasteiger partial charge is 0.403 e. The molecule has 0 fully saturated rings. The first-order chi connectivity index (χ1) is 8.43. The van der Waals surface area contributed by atoms with Gasteiger partial charge in [-0.25, -0.2) is 9.18 Å². The van der Waals surface area contributed by atoms with Gasteiger partial charge in [-0.3, -0.25) is 4.57 Å². The molecule has 0 radical (unpaired) electrons. The highest BCUT2D eigenvalue weighted by atomic mass is 19.4. The third-order valence-corrected chi connectivity index (χ3v) is 2.32. The summed E-state index contributed by atoms with van der Waals surface area (Å²) < 4.78 is 53.9. The van der Waals surface area contributed by atoms with Gasteiger partial charge in [-0.2, -0.15) is 13.2 Å². The molecule has 0 saturated heterocycles. The maximum absolute atomic E-state index is 12.8. The van der Waals surface area contributed by atoms with E-state index in [0.29, 0.717) is 10.9 Å². The Kier molecular flexibility index (Phi) is 2.98. The van der Waals surface area contributed by atoms with Gasteiger partial charge in [0, 0.05) is 11.5 Å². The van der Waals surface area contributed by atoms with Crippen molar-refractivity contribution in [2.24, 2.45) is 0 Å². The number of para-hydroxylation sites is 1. The quantitative estimate of drug-likeness (QED) is 0.614. The van der Waals surface area contributed by atoms with Crippen molar-refractivity contribution >= 4 is 16.9 Å². The van der Waals surface area contributed by atoms with Crippen LogP contribution in [0.3, 0.4) is 0 Å². The number of alkyl halides is 4. The fourth-order valence-corrected chi connectivity index (χ4v) is 1.55. The van der Waals surface area contributed by atoms with E-state index in [-0.39, 0.29) is 0 Å². The highest BCUT2D eigenvalue weighted by molar-refractivity contribution is 5.84. The van der Waals surface area contributed by atoms with E-state index in [4.69, 9.17) is 0 Å². The standard InChI is InChI=1S/C11H7F4NO2/c12-6-16-8-4-2-1-3-7(8)5-9(16)18-10(17)11(13,14)15/h1-5H,6H2. The van der Waals surface area contributed by atoms with Crippen molar-refractivity contribution in [3.05, 3.63) is 30.3 Å². The van der Waals surface area contributed by atoms with Crippen molar-refractivity contribution in [3.8, 4) is 5.88 Å². The lowest BCUT2D eigenvalue weighted by molar-refractivity contribution is -0.190. The minimum atomic E-state index is -5.11. The summed E-state index contributed by atoms with van der Waals surface area (Å²) >= 11 is 0. The fourth-order valence-electron chi connectivity index (χ4n) is 1.55. The molecule has 0 spiro atoms. The molecule has 0 saturated carbocycles. The topological polar surface area (TPSA) is 31.2 Å². The van der Waals surface area contributed by atoms with Gasteiger partial charge in [-0.15, -0.1) is 0 Å². The third kappa shape index (κ3) is 2.15. The van der Waals surface area contributed by atoms with Crippen LogP contribution in [0.1, 0.15) is 0 Å². The first kappa shape index (κ1) is 12.4. The van der Waals surface area contributed by atoms with E-state index in [1.54, 1.807) is 18.2 Å². The van der Waals surface area contributed by atoms with E-state index >= 15 is 0 Å². The average molecular weight is 261 g/mol. The van der Waals surface area contributed by atoms with Crippen LogP contribution in [-0.4, -0.2) is 16.7 Å². The Bertz CT molecular complexity index is 588. The first-order valence-corrected chi connectivity index (χ1v) is 4.86. The maximum Gasteiger partial charge on any atom is 0.491 e. The molecular weight excluding hydrogens is 254 g/mol. The summed E-state index contributed by atoms with van der Waals surface area (Å²) in [5, 5.41) is 0.486. The van der Waals surface area contributed by atoms with Crippen molar-refractivity contribution in [2.45, 2.75) is 13.0 Å². The number of ether oxygens (including phenoxy) is 1. The van der Waals surface area contributed by atoms with E-state index in [0.717, 1.165) is 4.57 Å². The predicted octanol–water partition coefficient (Wildman–Crippen LogP) is 3.04. The summed E-state index contributed by atoms with van der Waals surface area (Å²) in [6.07, 6.45) is -5.11. The Labute approximate surface area is 98.6 Å². The summed E-state index contributed by atoms with van der Waals surface area (Å²) in [7, 11) is 0. The van der Waals surface area contributed by atoms with Crippen LogP contribution in [-0.2, 0) is 11.6 Å². The fraction of sp³-hybridized carbons (Fsp3) is 0.182. The second-order valence-electron chi connectivity index (χ2n) is 3.48. The molecule has 0 aliphatic rings. The van der Waals surface area contributed by atoms with Gasteiger partial charge in [0.15, 0.2) is 6.80 Å².